The van der Waals surface area contributed by atoms with E-state index in [-0.39, 0.29) is 0 Å². The second-order valence-corrected chi connectivity index (χ2v) is 32.3. The van der Waals surface area contributed by atoms with Crippen LogP contribution in [0, 0.1) is 0 Å². The van der Waals surface area contributed by atoms with E-state index >= 15 is 0 Å². The van der Waals surface area contributed by atoms with Crippen molar-refractivity contribution in [2.75, 3.05) is 4.90 Å². The first-order chi connectivity index (χ1) is 55.4. The fourth-order valence-corrected chi connectivity index (χ4v) is 21.7. The Morgan fingerprint density at radius 1 is 0.223 bits per heavy atom. The number of fused-ring (bicyclic) bond motifs is 38. The minimum absolute atomic E-state index is 0.626. The molecule has 9 nitrogen and oxygen atoms in total. The van der Waals surface area contributed by atoms with Crippen molar-refractivity contribution < 1.29 is 4.42 Å². The third-order valence-electron chi connectivity index (χ3n) is 21.9. The van der Waals surface area contributed by atoms with E-state index in [1.165, 1.54) is 32.1 Å². The first kappa shape index (κ1) is 65.4. The molecule has 0 radical (unpaired) electrons. The van der Waals surface area contributed by atoms with Crippen LogP contribution in [-0.4, -0.2) is 42.5 Å². The predicted octanol–water partition coefficient (Wildman–Crippen LogP) is 23.0. The van der Waals surface area contributed by atoms with Crippen molar-refractivity contribution >= 4 is 112 Å². The highest BCUT2D eigenvalue weighted by molar-refractivity contribution is 7.21. The zero-order chi connectivity index (χ0) is 74.1. The maximum atomic E-state index is 6.42. The van der Waals surface area contributed by atoms with Crippen LogP contribution in [0.25, 0.3) is 162 Å². The smallest absolute Gasteiger partial charge is 0.184 e. The molecule has 22 rings (SSSR count). The van der Waals surface area contributed by atoms with Crippen molar-refractivity contribution in [2.24, 2.45) is 0 Å². The van der Waals surface area contributed by atoms with Gasteiger partial charge in [-0.3, -0.25) is 0 Å². The molecule has 4 aliphatic heterocycles. The number of para-hydroxylation sites is 3. The predicted molar refractivity (Wildman–Crippen MR) is 463 cm³/mol. The molecule has 24 bridgehead atoms. The van der Waals surface area contributed by atoms with E-state index in [1.807, 2.05) is 60.7 Å². The SMILES string of the molecule is c1ccc(-c2nc3nc(n2)-c2cccc(c2)-c2cccc(c2)-c2ccc4c(c2)N(c2cccc(c2)-c2cccc(c2)-c2cccc-3c2)c2ccccc2[Si]4(c2ccccc2)c2ccccc2)cc1.c1ccc(-c2nc3nc(n2)c2cccc(c2)c2cccc(c2)n2c4ccccc4oc4ccc(cc4-2)c2cccc3c2)cc1. The van der Waals surface area contributed by atoms with Gasteiger partial charge in [0.2, 0.25) is 0 Å². The molecule has 0 atom stereocenters. The molecule has 4 aliphatic rings. The quantitative estimate of drug-likeness (QED) is 0.127. The van der Waals surface area contributed by atoms with Crippen LogP contribution in [0.1, 0.15) is 0 Å². The molecular formula is C102H66N8OSi. The van der Waals surface area contributed by atoms with E-state index in [0.29, 0.717) is 34.6 Å². The molecule has 18 aromatic rings. The summed E-state index contributed by atoms with van der Waals surface area (Å²) >= 11 is 0. The van der Waals surface area contributed by atoms with Gasteiger partial charge in [0, 0.05) is 55.6 Å². The number of aromatic nitrogens is 7. The van der Waals surface area contributed by atoms with Crippen LogP contribution < -0.4 is 25.6 Å². The minimum Gasteiger partial charge on any atom is -0.453 e. The van der Waals surface area contributed by atoms with Crippen LogP contribution in [0.5, 0.6) is 0 Å². The number of nitrogens with zero attached hydrogens (tertiary/aromatic N) is 8. The van der Waals surface area contributed by atoms with Gasteiger partial charge in [-0.15, -0.1) is 0 Å². The van der Waals surface area contributed by atoms with Crippen molar-refractivity contribution in [1.29, 1.82) is 0 Å². The Hall–Kier alpha value is -14.8. The highest BCUT2D eigenvalue weighted by atomic mass is 28.3. The highest BCUT2D eigenvalue weighted by Gasteiger charge is 2.49. The van der Waals surface area contributed by atoms with E-state index in [9.17, 15) is 0 Å². The molecule has 0 fully saturated rings. The van der Waals surface area contributed by atoms with Gasteiger partial charge >= 0.3 is 0 Å². The minimum atomic E-state index is -2.88. The maximum absolute atomic E-state index is 6.42. The average Bonchev–Trinajstić information content (AvgIpc) is 0.693. The Balaban J connectivity index is 0.000000155. The van der Waals surface area contributed by atoms with Crippen molar-refractivity contribution in [3.63, 3.8) is 0 Å². The molecule has 0 saturated heterocycles. The largest absolute Gasteiger partial charge is 0.453 e. The van der Waals surface area contributed by atoms with Gasteiger partial charge in [-0.05, 0) is 184 Å². The van der Waals surface area contributed by atoms with Gasteiger partial charge in [0.15, 0.2) is 53.8 Å². The van der Waals surface area contributed by atoms with Crippen molar-refractivity contribution in [3.05, 3.63) is 400 Å². The molecule has 0 aliphatic carbocycles. The number of hydrogen-bond acceptors (Lipinski definition) is 8. The summed E-state index contributed by atoms with van der Waals surface area (Å²) in [5.74, 6) is 2.53. The Bertz CT molecular complexity index is 7130. The Kier molecular flexibility index (Phi) is 16.0. The Morgan fingerprint density at radius 3 is 1.21 bits per heavy atom. The lowest BCUT2D eigenvalue weighted by Crippen LogP contribution is -2.77. The molecule has 16 aromatic carbocycles. The third-order valence-corrected chi connectivity index (χ3v) is 26.7. The van der Waals surface area contributed by atoms with Crippen LogP contribution in [0.4, 0.5) is 17.1 Å². The zero-order valence-corrected chi connectivity index (χ0v) is 61.6. The Labute approximate surface area is 647 Å². The lowest BCUT2D eigenvalue weighted by atomic mass is 9.96. The summed E-state index contributed by atoms with van der Waals surface area (Å²) in [6, 6.07) is 143. The molecule has 0 saturated carbocycles. The fourth-order valence-electron chi connectivity index (χ4n) is 16.6. The third kappa shape index (κ3) is 11.6. The van der Waals surface area contributed by atoms with E-state index in [1.54, 1.807) is 0 Å². The number of benzene rings is 16. The normalized spacial score (nSPS) is 12.3. The topological polar surface area (TPSA) is 98.6 Å². The molecule has 0 N–H and O–H groups in total. The molecule has 524 valence electrons. The molecule has 0 unspecified atom stereocenters. The van der Waals surface area contributed by atoms with Crippen LogP contribution in [0.3, 0.4) is 0 Å². The first-order valence-corrected chi connectivity index (χ1v) is 39.8. The number of anilines is 3. The number of hydrogen-bond donors (Lipinski definition) is 0. The molecule has 2 aromatic heterocycles. The van der Waals surface area contributed by atoms with Gasteiger partial charge in [0.05, 0.1) is 11.2 Å². The average molecular weight is 1450 g/mol. The molecule has 10 heteroatoms. The summed E-state index contributed by atoms with van der Waals surface area (Å²) in [7, 11) is -2.88. The van der Waals surface area contributed by atoms with Crippen LogP contribution in [-0.2, 0) is 0 Å². The summed E-state index contributed by atoms with van der Waals surface area (Å²) in [5.41, 5.74) is 22.1. The summed E-state index contributed by atoms with van der Waals surface area (Å²) in [4.78, 5) is 32.9. The summed E-state index contributed by atoms with van der Waals surface area (Å²) < 4.78 is 8.71. The van der Waals surface area contributed by atoms with Crippen molar-refractivity contribution in [1.82, 2.24) is 34.5 Å². The van der Waals surface area contributed by atoms with Crippen molar-refractivity contribution in [2.45, 2.75) is 0 Å². The van der Waals surface area contributed by atoms with Gasteiger partial charge in [0.1, 0.15) is 0 Å². The molecule has 0 amide bonds. The maximum Gasteiger partial charge on any atom is 0.184 e. The van der Waals surface area contributed by atoms with Gasteiger partial charge in [-0.1, -0.05) is 303 Å². The first-order valence-electron chi connectivity index (χ1n) is 37.8. The van der Waals surface area contributed by atoms with Crippen molar-refractivity contribution in [3.8, 4) is 95.7 Å². The fraction of sp³-hybridized carbons (Fsp3) is 0. The Morgan fingerprint density at radius 2 is 0.634 bits per heavy atom. The molecule has 6 heterocycles. The lowest BCUT2D eigenvalue weighted by Gasteiger charge is -2.45. The van der Waals surface area contributed by atoms with Crippen LogP contribution in [0.2, 0.25) is 0 Å². The molecule has 112 heavy (non-hydrogen) atoms. The van der Waals surface area contributed by atoms with Gasteiger partial charge in [-0.25, -0.2) is 29.9 Å². The zero-order valence-electron chi connectivity index (χ0n) is 60.6. The second-order valence-electron chi connectivity index (χ2n) is 28.6. The number of rotatable bonds is 4. The van der Waals surface area contributed by atoms with Crippen LogP contribution >= 0.6 is 0 Å². The monoisotopic (exact) mass is 1450 g/mol. The highest BCUT2D eigenvalue weighted by Crippen LogP contribution is 2.43. The summed E-state index contributed by atoms with van der Waals surface area (Å²) in [6.07, 6.45) is 0. The van der Waals surface area contributed by atoms with E-state index in [4.69, 9.17) is 34.3 Å². The molecular weight excluding hydrogens is 1380 g/mol. The summed E-state index contributed by atoms with van der Waals surface area (Å²) in [5, 5.41) is 11.6. The van der Waals surface area contributed by atoms with Crippen LogP contribution in [0.15, 0.2) is 405 Å². The summed E-state index contributed by atoms with van der Waals surface area (Å²) in [6.45, 7) is 0. The van der Waals surface area contributed by atoms with Gasteiger partial charge in [-0.2, -0.15) is 0 Å². The van der Waals surface area contributed by atoms with E-state index in [0.717, 1.165) is 133 Å². The standard InChI is InChI=1S/C63H42N4Si.C39H24N4O/c1-4-17-43(18-5-1)61-64-62-52-26-14-23-48(39-52)44-19-12-21-46(37-44)50-25-16-28-54(41-50)67-57-33-10-11-34-59(57)68(55-29-6-2-7-30-55,56-31-8-3-9-32-56)60-36-35-51(42-58(60)67)47-22-13-20-45(38-47)49-24-15-27-53(40-49)63(65-61)66-62;1-2-9-25(10-3-1)37-40-38-30-14-6-11-26(21-30)28-13-8-16-32(23-28)43-33-17-4-5-18-35(33)44-36-20-19-29(24-34(36)43)27-12-7-15-31(22-27)39(41-37)42-38/h1-42H;1-24H. The van der Waals surface area contributed by atoms with Gasteiger partial charge < -0.3 is 13.9 Å². The second kappa shape index (κ2) is 27.4. The molecule has 0 spiro atoms. The van der Waals surface area contributed by atoms with E-state index in [2.05, 4.69) is 349 Å². The van der Waals surface area contributed by atoms with Gasteiger partial charge in [0.25, 0.3) is 0 Å². The lowest BCUT2D eigenvalue weighted by molar-refractivity contribution is 0.647. The van der Waals surface area contributed by atoms with E-state index < -0.39 is 8.07 Å².